The summed E-state index contributed by atoms with van der Waals surface area (Å²) in [7, 11) is 1.55. The molecule has 0 saturated heterocycles. The van der Waals surface area contributed by atoms with E-state index >= 15 is 0 Å². The van der Waals surface area contributed by atoms with Gasteiger partial charge in [0.15, 0.2) is 5.78 Å². The highest BCUT2D eigenvalue weighted by molar-refractivity contribution is 6.12. The lowest BCUT2D eigenvalue weighted by atomic mass is 10.1. The Morgan fingerprint density at radius 3 is 2.68 bits per heavy atom. The Morgan fingerprint density at radius 1 is 1.18 bits per heavy atom. The van der Waals surface area contributed by atoms with Gasteiger partial charge in [-0.25, -0.2) is 0 Å². The number of carbonyl (C=O) groups is 2. The van der Waals surface area contributed by atoms with Crippen molar-refractivity contribution >= 4 is 11.8 Å². The Hall–Kier alpha value is -2.62. The van der Waals surface area contributed by atoms with Gasteiger partial charge in [0.05, 0.1) is 7.11 Å². The number of hydrogen-bond donors (Lipinski definition) is 0. The Kier molecular flexibility index (Phi) is 3.92. The number of fused-ring (bicyclic) bond motifs is 1. The molecule has 0 saturated carbocycles. The molecule has 0 spiro atoms. The molecule has 0 aliphatic heterocycles. The Balaban J connectivity index is 1.69. The zero-order chi connectivity index (χ0) is 15.5. The molecule has 2 aromatic rings. The van der Waals surface area contributed by atoms with E-state index in [9.17, 15) is 9.59 Å². The van der Waals surface area contributed by atoms with E-state index in [4.69, 9.17) is 9.47 Å². The number of benzene rings is 2. The van der Waals surface area contributed by atoms with E-state index in [1.165, 1.54) is 0 Å². The molecular weight excluding hydrogens is 280 g/mol. The van der Waals surface area contributed by atoms with E-state index in [0.29, 0.717) is 17.7 Å². The van der Waals surface area contributed by atoms with Crippen LogP contribution in [0.15, 0.2) is 48.5 Å². The van der Waals surface area contributed by atoms with Crippen LogP contribution in [0.1, 0.15) is 21.5 Å². The second-order valence-electron chi connectivity index (χ2n) is 5.24. The minimum absolute atomic E-state index is 0.184. The van der Waals surface area contributed by atoms with Gasteiger partial charge in [-0.2, -0.15) is 0 Å². The maximum Gasteiger partial charge on any atom is 0.317 e. The fraction of sp³-hybridized carbons (Fsp3) is 0.222. The van der Waals surface area contributed by atoms with Crippen LogP contribution in [-0.4, -0.2) is 18.9 Å². The van der Waals surface area contributed by atoms with Crippen LogP contribution < -0.4 is 4.74 Å². The summed E-state index contributed by atoms with van der Waals surface area (Å²) >= 11 is 0. The van der Waals surface area contributed by atoms with Gasteiger partial charge in [0.1, 0.15) is 18.3 Å². The highest BCUT2D eigenvalue weighted by atomic mass is 16.5. The number of Topliss-reactive ketones (excluding diaryl/α,β-unsaturated/α-hetero) is 1. The van der Waals surface area contributed by atoms with Crippen LogP contribution in [0.2, 0.25) is 0 Å². The van der Waals surface area contributed by atoms with Crippen molar-refractivity contribution < 1.29 is 19.1 Å². The van der Waals surface area contributed by atoms with Gasteiger partial charge in [-0.15, -0.1) is 0 Å². The average molecular weight is 296 g/mol. The molecule has 1 atom stereocenters. The SMILES string of the molecule is COc1ccc2c(c1)C(=O)C(C(=O)OCc1ccccc1)C2. The number of rotatable bonds is 4. The average Bonchev–Trinajstić information content (AvgIpc) is 2.90. The van der Waals surface area contributed by atoms with Gasteiger partial charge >= 0.3 is 5.97 Å². The summed E-state index contributed by atoms with van der Waals surface area (Å²) in [5.74, 6) is -0.785. The summed E-state index contributed by atoms with van der Waals surface area (Å²) in [5.41, 5.74) is 2.33. The molecule has 4 heteroatoms. The standard InChI is InChI=1S/C18H16O4/c1-21-14-8-7-13-9-16(17(19)15(13)10-14)18(20)22-11-12-5-3-2-4-6-12/h2-8,10,16H,9,11H2,1H3. The monoisotopic (exact) mass is 296 g/mol. The molecule has 0 amide bonds. The minimum Gasteiger partial charge on any atom is -0.497 e. The second-order valence-corrected chi connectivity index (χ2v) is 5.24. The molecule has 1 unspecified atom stereocenters. The van der Waals surface area contributed by atoms with E-state index in [1.807, 2.05) is 36.4 Å². The van der Waals surface area contributed by atoms with Crippen molar-refractivity contribution in [3.05, 3.63) is 65.2 Å². The predicted octanol–water partition coefficient (Wildman–Crippen LogP) is 2.79. The largest absolute Gasteiger partial charge is 0.497 e. The highest BCUT2D eigenvalue weighted by Gasteiger charge is 2.37. The summed E-state index contributed by atoms with van der Waals surface area (Å²) in [6.45, 7) is 0.184. The van der Waals surface area contributed by atoms with Crippen LogP contribution >= 0.6 is 0 Å². The fourth-order valence-electron chi connectivity index (χ4n) is 2.61. The van der Waals surface area contributed by atoms with Crippen molar-refractivity contribution in [1.29, 1.82) is 0 Å². The molecule has 112 valence electrons. The van der Waals surface area contributed by atoms with Gasteiger partial charge in [0, 0.05) is 5.56 Å². The van der Waals surface area contributed by atoms with E-state index < -0.39 is 11.9 Å². The van der Waals surface area contributed by atoms with Gasteiger partial charge in [-0.05, 0) is 29.7 Å². The van der Waals surface area contributed by atoms with Crippen LogP contribution in [-0.2, 0) is 22.6 Å². The zero-order valence-corrected chi connectivity index (χ0v) is 12.2. The van der Waals surface area contributed by atoms with E-state index in [1.54, 1.807) is 19.2 Å². The van der Waals surface area contributed by atoms with Crippen LogP contribution in [0, 0.1) is 5.92 Å². The van der Waals surface area contributed by atoms with E-state index in [0.717, 1.165) is 11.1 Å². The number of ether oxygens (including phenoxy) is 2. The maximum absolute atomic E-state index is 12.4. The van der Waals surface area contributed by atoms with Crippen molar-refractivity contribution in [3.8, 4) is 5.75 Å². The van der Waals surface area contributed by atoms with E-state index in [2.05, 4.69) is 0 Å². The lowest BCUT2D eigenvalue weighted by Gasteiger charge is -2.08. The molecular formula is C18H16O4. The predicted molar refractivity (Wildman–Crippen MR) is 80.8 cm³/mol. The first-order valence-corrected chi connectivity index (χ1v) is 7.10. The highest BCUT2D eigenvalue weighted by Crippen LogP contribution is 2.30. The Labute approximate surface area is 128 Å². The van der Waals surface area contributed by atoms with Crippen LogP contribution in [0.3, 0.4) is 0 Å². The number of ketones is 1. The van der Waals surface area contributed by atoms with E-state index in [-0.39, 0.29) is 12.4 Å². The molecule has 0 bridgehead atoms. The number of carbonyl (C=O) groups excluding carboxylic acids is 2. The summed E-state index contributed by atoms with van der Waals surface area (Å²) in [6.07, 6.45) is 0.395. The van der Waals surface area contributed by atoms with Crippen LogP contribution in [0.5, 0.6) is 5.75 Å². The zero-order valence-electron chi connectivity index (χ0n) is 12.2. The van der Waals surface area contributed by atoms with Crippen LogP contribution in [0.25, 0.3) is 0 Å². The lowest BCUT2D eigenvalue weighted by molar-refractivity contribution is -0.147. The molecule has 4 nitrogen and oxygen atoms in total. The van der Waals surface area contributed by atoms with Gasteiger partial charge in [-0.3, -0.25) is 9.59 Å². The lowest BCUT2D eigenvalue weighted by Crippen LogP contribution is -2.23. The van der Waals surface area contributed by atoms with Crippen molar-refractivity contribution in [2.75, 3.05) is 7.11 Å². The smallest absolute Gasteiger partial charge is 0.317 e. The normalized spacial score (nSPS) is 16.2. The first-order chi connectivity index (χ1) is 10.7. The minimum atomic E-state index is -0.745. The number of esters is 1. The van der Waals surface area contributed by atoms with Gasteiger partial charge in [0.25, 0.3) is 0 Å². The first-order valence-electron chi connectivity index (χ1n) is 7.10. The third-order valence-corrected chi connectivity index (χ3v) is 3.83. The summed E-state index contributed by atoms with van der Waals surface area (Å²) in [6, 6.07) is 14.7. The molecule has 0 aromatic heterocycles. The topological polar surface area (TPSA) is 52.6 Å². The number of methoxy groups -OCH3 is 1. The van der Waals surface area contributed by atoms with Crippen molar-refractivity contribution in [2.24, 2.45) is 5.92 Å². The second kappa shape index (κ2) is 6.02. The summed E-state index contributed by atoms with van der Waals surface area (Å²) in [5, 5.41) is 0. The Bertz CT molecular complexity index is 706. The molecule has 0 heterocycles. The molecule has 22 heavy (non-hydrogen) atoms. The summed E-state index contributed by atoms with van der Waals surface area (Å²) in [4.78, 5) is 24.5. The van der Waals surface area contributed by atoms with Crippen LogP contribution in [0.4, 0.5) is 0 Å². The summed E-state index contributed by atoms with van der Waals surface area (Å²) < 4.78 is 10.4. The van der Waals surface area contributed by atoms with Gasteiger partial charge < -0.3 is 9.47 Å². The molecule has 0 radical (unpaired) electrons. The first kappa shape index (κ1) is 14.3. The van der Waals surface area contributed by atoms with Crippen molar-refractivity contribution in [3.63, 3.8) is 0 Å². The molecule has 1 aliphatic carbocycles. The molecule has 3 rings (SSSR count). The molecule has 2 aromatic carbocycles. The molecule has 0 fully saturated rings. The third kappa shape index (κ3) is 2.72. The van der Waals surface area contributed by atoms with Crippen molar-refractivity contribution in [2.45, 2.75) is 13.0 Å². The fourth-order valence-corrected chi connectivity index (χ4v) is 2.61. The van der Waals surface area contributed by atoms with Crippen molar-refractivity contribution in [1.82, 2.24) is 0 Å². The molecule has 1 aliphatic rings. The molecule has 0 N–H and O–H groups in total. The third-order valence-electron chi connectivity index (χ3n) is 3.83. The van der Waals surface area contributed by atoms with Gasteiger partial charge in [-0.1, -0.05) is 36.4 Å². The quantitative estimate of drug-likeness (QED) is 0.643. The van der Waals surface area contributed by atoms with Gasteiger partial charge in [0.2, 0.25) is 0 Å². The Morgan fingerprint density at radius 2 is 1.95 bits per heavy atom. The number of hydrogen-bond acceptors (Lipinski definition) is 4. The maximum atomic E-state index is 12.4.